The number of halogens is 1. The monoisotopic (exact) mass is 264 g/mol. The number of carbonyl (C=O) groups excluding carboxylic acids is 1. The summed E-state index contributed by atoms with van der Waals surface area (Å²) in [6, 6.07) is 4.51. The molecule has 0 saturated heterocycles. The molecule has 0 radical (unpaired) electrons. The maximum atomic E-state index is 14.0. The van der Waals surface area contributed by atoms with E-state index in [0.717, 1.165) is 12.8 Å². The van der Waals surface area contributed by atoms with Gasteiger partial charge in [-0.05, 0) is 43.4 Å². The molecule has 19 heavy (non-hydrogen) atoms. The first-order chi connectivity index (χ1) is 8.99. The van der Waals surface area contributed by atoms with Gasteiger partial charge in [-0.15, -0.1) is 0 Å². The summed E-state index contributed by atoms with van der Waals surface area (Å²) in [6.45, 7) is 1.53. The molecule has 1 aliphatic rings. The topological polar surface area (TPSA) is 54.4 Å². The molecular weight excluding hydrogens is 247 g/mol. The van der Waals surface area contributed by atoms with Gasteiger partial charge in [-0.3, -0.25) is 9.59 Å². The van der Waals surface area contributed by atoms with Gasteiger partial charge in [0.1, 0.15) is 11.6 Å². The summed E-state index contributed by atoms with van der Waals surface area (Å²) in [5.41, 5.74) is 0.952. The lowest BCUT2D eigenvalue weighted by molar-refractivity contribution is -0.138. The van der Waals surface area contributed by atoms with Crippen molar-refractivity contribution >= 4 is 11.8 Å². The zero-order chi connectivity index (χ0) is 14.0. The molecule has 1 aromatic rings. The molecule has 2 atom stereocenters. The lowest BCUT2D eigenvalue weighted by Crippen LogP contribution is -2.12. The van der Waals surface area contributed by atoms with E-state index in [2.05, 4.69) is 0 Å². The van der Waals surface area contributed by atoms with Crippen LogP contribution in [-0.4, -0.2) is 16.9 Å². The fourth-order valence-electron chi connectivity index (χ4n) is 2.51. The lowest BCUT2D eigenvalue weighted by Gasteiger charge is -2.12. The van der Waals surface area contributed by atoms with Gasteiger partial charge in [0.15, 0.2) is 0 Å². The van der Waals surface area contributed by atoms with Crippen LogP contribution < -0.4 is 0 Å². The van der Waals surface area contributed by atoms with Gasteiger partial charge in [0.05, 0.1) is 5.92 Å². The van der Waals surface area contributed by atoms with Gasteiger partial charge in [-0.2, -0.15) is 0 Å². The van der Waals surface area contributed by atoms with E-state index in [4.69, 9.17) is 5.11 Å². The number of ketones is 1. The predicted molar refractivity (Wildman–Crippen MR) is 68.5 cm³/mol. The first-order valence-corrected chi connectivity index (χ1v) is 6.53. The Balaban J connectivity index is 2.15. The SMILES string of the molecule is CC(C(=O)O)c1ccc(C[C@H]2CCCC2=O)c(F)c1. The van der Waals surface area contributed by atoms with Crippen LogP contribution >= 0.6 is 0 Å². The number of carbonyl (C=O) groups is 2. The van der Waals surface area contributed by atoms with Gasteiger partial charge in [-0.1, -0.05) is 12.1 Å². The molecule has 2 rings (SSSR count). The summed E-state index contributed by atoms with van der Waals surface area (Å²) in [5, 5.41) is 8.89. The number of aliphatic carboxylic acids is 1. The van der Waals surface area contributed by atoms with Crippen LogP contribution in [-0.2, 0) is 16.0 Å². The van der Waals surface area contributed by atoms with Crippen molar-refractivity contribution in [3.05, 3.63) is 35.1 Å². The fraction of sp³-hybridized carbons (Fsp3) is 0.467. The van der Waals surface area contributed by atoms with Crippen molar-refractivity contribution in [2.45, 2.75) is 38.5 Å². The van der Waals surface area contributed by atoms with Crippen molar-refractivity contribution in [1.82, 2.24) is 0 Å². The molecule has 0 heterocycles. The van der Waals surface area contributed by atoms with Crippen molar-refractivity contribution in [2.75, 3.05) is 0 Å². The third-order valence-corrected chi connectivity index (χ3v) is 3.84. The highest BCUT2D eigenvalue weighted by molar-refractivity contribution is 5.83. The Bertz CT molecular complexity index is 510. The second-order valence-electron chi connectivity index (χ2n) is 5.17. The Morgan fingerprint density at radius 1 is 1.53 bits per heavy atom. The van der Waals surface area contributed by atoms with Gasteiger partial charge in [0.2, 0.25) is 0 Å². The Morgan fingerprint density at radius 3 is 2.79 bits per heavy atom. The minimum atomic E-state index is -0.974. The smallest absolute Gasteiger partial charge is 0.310 e. The third kappa shape index (κ3) is 3.00. The summed E-state index contributed by atoms with van der Waals surface area (Å²) in [5.74, 6) is -1.97. The van der Waals surface area contributed by atoms with Gasteiger partial charge >= 0.3 is 5.97 Å². The van der Waals surface area contributed by atoms with Crippen LogP contribution in [0.3, 0.4) is 0 Å². The molecule has 0 aromatic heterocycles. The average Bonchev–Trinajstić information content (AvgIpc) is 2.76. The number of carboxylic acid groups (broad SMARTS) is 1. The van der Waals surface area contributed by atoms with E-state index in [1.54, 1.807) is 12.1 Å². The molecule has 0 aliphatic heterocycles. The molecule has 1 aromatic carbocycles. The molecule has 0 bridgehead atoms. The zero-order valence-corrected chi connectivity index (χ0v) is 10.9. The Kier molecular flexibility index (Phi) is 3.98. The molecule has 1 saturated carbocycles. The summed E-state index contributed by atoms with van der Waals surface area (Å²) in [4.78, 5) is 22.4. The average molecular weight is 264 g/mol. The van der Waals surface area contributed by atoms with Crippen molar-refractivity contribution in [3.63, 3.8) is 0 Å². The van der Waals surface area contributed by atoms with Crippen LogP contribution in [0.2, 0.25) is 0 Å². The van der Waals surface area contributed by atoms with E-state index < -0.39 is 17.7 Å². The largest absolute Gasteiger partial charge is 0.481 e. The van der Waals surface area contributed by atoms with E-state index >= 15 is 0 Å². The number of rotatable bonds is 4. The second kappa shape index (κ2) is 5.51. The molecule has 0 spiro atoms. The minimum Gasteiger partial charge on any atom is -0.481 e. The van der Waals surface area contributed by atoms with Crippen LogP contribution in [0.1, 0.15) is 43.2 Å². The zero-order valence-electron chi connectivity index (χ0n) is 10.9. The summed E-state index contributed by atoms with van der Waals surface area (Å²) in [7, 11) is 0. The Morgan fingerprint density at radius 2 is 2.26 bits per heavy atom. The van der Waals surface area contributed by atoms with Gasteiger partial charge < -0.3 is 5.11 Å². The van der Waals surface area contributed by atoms with E-state index in [1.165, 1.54) is 13.0 Å². The van der Waals surface area contributed by atoms with Crippen LogP contribution in [0, 0.1) is 11.7 Å². The van der Waals surface area contributed by atoms with Crippen LogP contribution in [0.15, 0.2) is 18.2 Å². The van der Waals surface area contributed by atoms with Crippen LogP contribution in [0.25, 0.3) is 0 Å². The van der Waals surface area contributed by atoms with Gasteiger partial charge in [-0.25, -0.2) is 4.39 Å². The van der Waals surface area contributed by atoms with Crippen LogP contribution in [0.4, 0.5) is 4.39 Å². The summed E-state index contributed by atoms with van der Waals surface area (Å²) < 4.78 is 14.0. The van der Waals surface area contributed by atoms with Crippen molar-refractivity contribution in [2.24, 2.45) is 5.92 Å². The van der Waals surface area contributed by atoms with Crippen molar-refractivity contribution < 1.29 is 19.1 Å². The standard InChI is InChI=1S/C15H17FO3/c1-9(15(18)19)10-5-6-11(13(16)8-10)7-12-3-2-4-14(12)17/h5-6,8-9,12H,2-4,7H2,1H3,(H,18,19)/t9?,12-/m1/s1. The quantitative estimate of drug-likeness (QED) is 0.909. The minimum absolute atomic E-state index is 0.0720. The molecule has 1 N–H and O–H groups in total. The number of carboxylic acids is 1. The molecule has 1 unspecified atom stereocenters. The van der Waals surface area contributed by atoms with Crippen LogP contribution in [0.5, 0.6) is 0 Å². The van der Waals surface area contributed by atoms with Gasteiger partial charge in [0.25, 0.3) is 0 Å². The fourth-order valence-corrected chi connectivity index (χ4v) is 2.51. The Labute approximate surface area is 111 Å². The van der Waals surface area contributed by atoms with Crippen molar-refractivity contribution in [1.29, 1.82) is 0 Å². The van der Waals surface area contributed by atoms with E-state index in [1.807, 2.05) is 0 Å². The molecule has 1 aliphatic carbocycles. The van der Waals surface area contributed by atoms with Gasteiger partial charge in [0, 0.05) is 12.3 Å². The van der Waals surface area contributed by atoms with E-state index in [9.17, 15) is 14.0 Å². The maximum Gasteiger partial charge on any atom is 0.310 e. The Hall–Kier alpha value is -1.71. The maximum absolute atomic E-state index is 14.0. The molecule has 0 amide bonds. The molecule has 3 nitrogen and oxygen atoms in total. The normalized spacial score (nSPS) is 20.5. The molecular formula is C15H17FO3. The number of benzene rings is 1. The third-order valence-electron chi connectivity index (χ3n) is 3.84. The summed E-state index contributed by atoms with van der Waals surface area (Å²) in [6.07, 6.45) is 2.73. The predicted octanol–water partition coefficient (Wildman–Crippen LogP) is 2.93. The number of Topliss-reactive ketones (excluding diaryl/α,β-unsaturated/α-hetero) is 1. The van der Waals surface area contributed by atoms with E-state index in [-0.39, 0.29) is 11.7 Å². The first-order valence-electron chi connectivity index (χ1n) is 6.53. The highest BCUT2D eigenvalue weighted by Gasteiger charge is 2.25. The number of hydrogen-bond acceptors (Lipinski definition) is 2. The highest BCUT2D eigenvalue weighted by Crippen LogP contribution is 2.27. The molecule has 1 fully saturated rings. The van der Waals surface area contributed by atoms with E-state index in [0.29, 0.717) is 24.0 Å². The van der Waals surface area contributed by atoms with Crippen molar-refractivity contribution in [3.8, 4) is 0 Å². The first kappa shape index (κ1) is 13.7. The molecule has 4 heteroatoms. The highest BCUT2D eigenvalue weighted by atomic mass is 19.1. The second-order valence-corrected chi connectivity index (χ2v) is 5.17. The molecule has 102 valence electrons. The number of hydrogen-bond donors (Lipinski definition) is 1. The lowest BCUT2D eigenvalue weighted by atomic mass is 9.94. The summed E-state index contributed by atoms with van der Waals surface area (Å²) >= 11 is 0.